The molecule has 0 aromatic rings. The number of unbranched alkanes of at least 4 members (excludes halogenated alkanes) is 11. The second kappa shape index (κ2) is 35.1. The van der Waals surface area contributed by atoms with Gasteiger partial charge in [0.2, 0.25) is 0 Å². The van der Waals surface area contributed by atoms with E-state index >= 15 is 0 Å². The van der Waals surface area contributed by atoms with Crippen molar-refractivity contribution in [2.45, 2.75) is 155 Å². The van der Waals surface area contributed by atoms with Crippen molar-refractivity contribution < 1.29 is 23.8 Å². The Kier molecular flexibility index (Phi) is 33.2. The van der Waals surface area contributed by atoms with Crippen LogP contribution in [-0.2, 0) is 23.8 Å². The van der Waals surface area contributed by atoms with Gasteiger partial charge in [0.25, 0.3) is 0 Å². The third-order valence-corrected chi connectivity index (χ3v) is 7.10. The van der Waals surface area contributed by atoms with Crippen molar-refractivity contribution in [1.29, 1.82) is 0 Å². The normalized spacial score (nSPS) is 12.9. The van der Waals surface area contributed by atoms with Gasteiger partial charge in [0, 0.05) is 13.0 Å². The van der Waals surface area contributed by atoms with E-state index in [1.165, 1.54) is 51.4 Å². The minimum absolute atomic E-state index is 0.0303. The highest BCUT2D eigenvalue weighted by Gasteiger charge is 2.17. The molecule has 0 saturated heterocycles. The van der Waals surface area contributed by atoms with Gasteiger partial charge in [-0.15, -0.1) is 0 Å². The van der Waals surface area contributed by atoms with E-state index in [0.29, 0.717) is 13.0 Å². The number of carbonyl (C=O) groups is 2. The largest absolute Gasteiger partial charge is 0.461 e. The van der Waals surface area contributed by atoms with E-state index in [1.807, 2.05) is 12.2 Å². The summed E-state index contributed by atoms with van der Waals surface area (Å²) in [5.41, 5.74) is 0. The van der Waals surface area contributed by atoms with E-state index in [-0.39, 0.29) is 31.6 Å². The van der Waals surface area contributed by atoms with Crippen molar-refractivity contribution >= 4 is 11.9 Å². The number of rotatable bonds is 31. The summed E-state index contributed by atoms with van der Waals surface area (Å²) >= 11 is 0. The van der Waals surface area contributed by atoms with Crippen LogP contribution in [0.1, 0.15) is 149 Å². The quantitative estimate of drug-likeness (QED) is 0.0441. The topological polar surface area (TPSA) is 61.8 Å². The van der Waals surface area contributed by atoms with Gasteiger partial charge < -0.3 is 14.2 Å². The van der Waals surface area contributed by atoms with Gasteiger partial charge in [0.05, 0.1) is 13.0 Å². The van der Waals surface area contributed by atoms with Crippen LogP contribution < -0.4 is 0 Å². The Bertz CT molecular complexity index is 792. The van der Waals surface area contributed by atoms with Crippen molar-refractivity contribution in [2.24, 2.45) is 0 Å². The van der Waals surface area contributed by atoms with Gasteiger partial charge in [-0.1, -0.05) is 152 Å². The van der Waals surface area contributed by atoms with Gasteiger partial charge in [-0.25, -0.2) is 0 Å². The summed E-state index contributed by atoms with van der Waals surface area (Å²) in [6.45, 7) is 7.48. The van der Waals surface area contributed by atoms with E-state index in [0.717, 1.165) is 64.2 Å². The van der Waals surface area contributed by atoms with Crippen molar-refractivity contribution in [1.82, 2.24) is 0 Å². The lowest BCUT2D eigenvalue weighted by Crippen LogP contribution is -2.30. The smallest absolute Gasteiger partial charge is 0.309 e. The molecule has 0 fully saturated rings. The average Bonchev–Trinajstić information content (AvgIpc) is 3.02. The Balaban J connectivity index is 4.29. The summed E-state index contributed by atoms with van der Waals surface area (Å²) < 4.78 is 16.9. The number of allylic oxidation sites excluding steroid dienone is 9. The summed E-state index contributed by atoms with van der Waals surface area (Å²) in [5, 5.41) is 0. The maximum Gasteiger partial charge on any atom is 0.309 e. The second-order valence-corrected chi connectivity index (χ2v) is 11.4. The summed E-state index contributed by atoms with van der Waals surface area (Å²) in [6, 6.07) is 0. The molecule has 0 spiro atoms. The van der Waals surface area contributed by atoms with Crippen molar-refractivity contribution in [3.05, 3.63) is 60.8 Å². The molecule has 44 heavy (non-hydrogen) atoms. The van der Waals surface area contributed by atoms with E-state index < -0.39 is 6.10 Å². The lowest BCUT2D eigenvalue weighted by atomic mass is 10.1. The van der Waals surface area contributed by atoms with Crippen LogP contribution in [0.15, 0.2) is 60.8 Å². The fourth-order valence-electron chi connectivity index (χ4n) is 4.46. The lowest BCUT2D eigenvalue weighted by molar-refractivity contribution is -0.162. The SMILES string of the molecule is CC/C=C\C/C=C\C/C=C\C/C=C\C/C=C\CC(=O)OCC(COCCCCCCCCCC)OC(=O)CCCCCCC. The molecule has 252 valence electrons. The molecule has 1 unspecified atom stereocenters. The first kappa shape index (κ1) is 41.6. The monoisotopic (exact) mass is 614 g/mol. The Morgan fingerprint density at radius 3 is 1.55 bits per heavy atom. The van der Waals surface area contributed by atoms with Crippen LogP contribution in [0.3, 0.4) is 0 Å². The highest BCUT2D eigenvalue weighted by Crippen LogP contribution is 2.10. The molecule has 0 amide bonds. The summed E-state index contributed by atoms with van der Waals surface area (Å²) in [6.07, 6.45) is 41.2. The van der Waals surface area contributed by atoms with Crippen molar-refractivity contribution in [2.75, 3.05) is 19.8 Å². The number of hydrogen-bond acceptors (Lipinski definition) is 5. The maximum absolute atomic E-state index is 12.4. The number of ether oxygens (including phenoxy) is 3. The summed E-state index contributed by atoms with van der Waals surface area (Å²) in [4.78, 5) is 24.7. The van der Waals surface area contributed by atoms with Crippen molar-refractivity contribution in [3.63, 3.8) is 0 Å². The van der Waals surface area contributed by atoms with Crippen LogP contribution in [0, 0.1) is 0 Å². The molecule has 0 aliphatic carbocycles. The first-order valence-electron chi connectivity index (χ1n) is 17.8. The Hall–Kier alpha value is -2.40. The zero-order chi connectivity index (χ0) is 32.2. The molecule has 0 saturated carbocycles. The zero-order valence-corrected chi connectivity index (χ0v) is 28.7. The molecule has 0 radical (unpaired) electrons. The van der Waals surface area contributed by atoms with E-state index in [9.17, 15) is 9.59 Å². The van der Waals surface area contributed by atoms with Gasteiger partial charge in [0.1, 0.15) is 6.61 Å². The van der Waals surface area contributed by atoms with E-state index in [2.05, 4.69) is 69.4 Å². The van der Waals surface area contributed by atoms with E-state index in [1.54, 1.807) is 0 Å². The fourth-order valence-corrected chi connectivity index (χ4v) is 4.46. The summed E-state index contributed by atoms with van der Waals surface area (Å²) in [7, 11) is 0. The molecule has 0 aromatic heterocycles. The Morgan fingerprint density at radius 2 is 1.00 bits per heavy atom. The maximum atomic E-state index is 12.4. The van der Waals surface area contributed by atoms with Gasteiger partial charge in [-0.2, -0.15) is 0 Å². The standard InChI is InChI=1S/C39H66O5/c1-4-7-10-13-15-17-18-19-20-21-22-23-24-27-29-32-38(40)43-36-37(44-39(41)33-30-26-12-9-6-3)35-42-34-31-28-25-16-14-11-8-5-2/h7,10,15,17,19-20,22-23,27,29,37H,4-6,8-9,11-14,16,18,21,24-26,28,30-36H2,1-3H3/b10-7-,17-15-,20-19-,23-22-,29-27-. The van der Waals surface area contributed by atoms with Crippen LogP contribution in [0.2, 0.25) is 0 Å². The molecule has 0 N–H and O–H groups in total. The zero-order valence-electron chi connectivity index (χ0n) is 28.7. The third kappa shape index (κ3) is 32.5. The number of carbonyl (C=O) groups excluding carboxylic acids is 2. The predicted molar refractivity (Wildman–Crippen MR) is 187 cm³/mol. The molecule has 5 heteroatoms. The lowest BCUT2D eigenvalue weighted by Gasteiger charge is -2.18. The van der Waals surface area contributed by atoms with Gasteiger partial charge in [0.15, 0.2) is 6.10 Å². The first-order chi connectivity index (χ1) is 21.6. The minimum atomic E-state index is -0.565. The Morgan fingerprint density at radius 1 is 0.523 bits per heavy atom. The third-order valence-electron chi connectivity index (χ3n) is 7.10. The average molecular weight is 615 g/mol. The van der Waals surface area contributed by atoms with Gasteiger partial charge in [-0.05, 0) is 44.9 Å². The van der Waals surface area contributed by atoms with Gasteiger partial charge >= 0.3 is 11.9 Å². The van der Waals surface area contributed by atoms with Crippen LogP contribution in [0.4, 0.5) is 0 Å². The van der Waals surface area contributed by atoms with Crippen LogP contribution >= 0.6 is 0 Å². The first-order valence-corrected chi connectivity index (χ1v) is 17.8. The summed E-state index contributed by atoms with van der Waals surface area (Å²) in [5.74, 6) is -0.564. The fraction of sp³-hybridized carbons (Fsp3) is 0.692. The number of hydrogen-bond donors (Lipinski definition) is 0. The molecule has 1 atom stereocenters. The van der Waals surface area contributed by atoms with E-state index in [4.69, 9.17) is 14.2 Å². The Labute approximate surface area is 271 Å². The van der Waals surface area contributed by atoms with Crippen molar-refractivity contribution in [3.8, 4) is 0 Å². The van der Waals surface area contributed by atoms with Crippen LogP contribution in [-0.4, -0.2) is 37.9 Å². The predicted octanol–water partition coefficient (Wildman–Crippen LogP) is 11.1. The molecule has 5 nitrogen and oxygen atoms in total. The molecular weight excluding hydrogens is 548 g/mol. The molecule has 0 heterocycles. The molecule has 0 aliphatic rings. The molecule has 0 rings (SSSR count). The van der Waals surface area contributed by atoms with Gasteiger partial charge in [-0.3, -0.25) is 9.59 Å². The van der Waals surface area contributed by atoms with Crippen LogP contribution in [0.5, 0.6) is 0 Å². The molecule has 0 aromatic carbocycles. The molecular formula is C39H66O5. The second-order valence-electron chi connectivity index (χ2n) is 11.4. The van der Waals surface area contributed by atoms with Crippen LogP contribution in [0.25, 0.3) is 0 Å². The minimum Gasteiger partial charge on any atom is -0.461 e. The molecule has 0 aliphatic heterocycles. The highest BCUT2D eigenvalue weighted by molar-refractivity contribution is 5.71. The number of esters is 2. The highest BCUT2D eigenvalue weighted by atomic mass is 16.6. The molecule has 0 bridgehead atoms.